The van der Waals surface area contributed by atoms with Gasteiger partial charge in [0.15, 0.2) is 0 Å². The maximum atomic E-state index is 6.01. The summed E-state index contributed by atoms with van der Waals surface area (Å²) in [7, 11) is 1.70. The molecule has 0 radical (unpaired) electrons. The van der Waals surface area contributed by atoms with E-state index < -0.39 is 0 Å². The summed E-state index contributed by atoms with van der Waals surface area (Å²) in [6, 6.07) is 9.92. The number of benzene rings is 1. The Labute approximate surface area is 118 Å². The van der Waals surface area contributed by atoms with E-state index in [4.69, 9.17) is 16.3 Å². The second-order valence-corrected chi connectivity index (χ2v) is 4.70. The Balaban J connectivity index is 2.06. The van der Waals surface area contributed by atoms with Gasteiger partial charge in [-0.05, 0) is 29.3 Å². The predicted octanol–water partition coefficient (Wildman–Crippen LogP) is 3.14. The van der Waals surface area contributed by atoms with E-state index >= 15 is 0 Å². The summed E-state index contributed by atoms with van der Waals surface area (Å²) >= 11 is 6.01. The largest absolute Gasteiger partial charge is 0.383 e. The van der Waals surface area contributed by atoms with Gasteiger partial charge in [-0.1, -0.05) is 23.7 Å². The highest BCUT2D eigenvalue weighted by atomic mass is 35.5. The van der Waals surface area contributed by atoms with Crippen molar-refractivity contribution in [1.82, 2.24) is 10.3 Å². The summed E-state index contributed by atoms with van der Waals surface area (Å²) in [6.07, 6.45) is 3.72. The highest BCUT2D eigenvalue weighted by Crippen LogP contribution is 2.22. The first kappa shape index (κ1) is 14.0. The van der Waals surface area contributed by atoms with Crippen LogP contribution in [0.2, 0.25) is 5.02 Å². The zero-order valence-electron chi connectivity index (χ0n) is 10.9. The SMILES string of the molecule is COCCNCc1cncc(-c2cccc(Cl)c2)c1. The third kappa shape index (κ3) is 4.31. The first-order chi connectivity index (χ1) is 9.29. The first-order valence-electron chi connectivity index (χ1n) is 6.19. The Morgan fingerprint density at radius 3 is 2.89 bits per heavy atom. The summed E-state index contributed by atoms with van der Waals surface area (Å²) in [5.74, 6) is 0. The molecule has 4 heteroatoms. The fourth-order valence-electron chi connectivity index (χ4n) is 1.82. The molecule has 1 heterocycles. The minimum absolute atomic E-state index is 0.710. The number of pyridine rings is 1. The molecule has 0 fully saturated rings. The van der Waals surface area contributed by atoms with Crippen LogP contribution in [-0.2, 0) is 11.3 Å². The molecule has 1 aromatic carbocycles. The van der Waals surface area contributed by atoms with Gasteiger partial charge >= 0.3 is 0 Å². The lowest BCUT2D eigenvalue weighted by Gasteiger charge is -2.07. The highest BCUT2D eigenvalue weighted by molar-refractivity contribution is 6.30. The lowest BCUT2D eigenvalue weighted by molar-refractivity contribution is 0.199. The van der Waals surface area contributed by atoms with Crippen molar-refractivity contribution in [1.29, 1.82) is 0 Å². The lowest BCUT2D eigenvalue weighted by Crippen LogP contribution is -2.18. The number of nitrogens with one attached hydrogen (secondary N) is 1. The molecule has 0 unspecified atom stereocenters. The van der Waals surface area contributed by atoms with Crippen LogP contribution in [0.1, 0.15) is 5.56 Å². The van der Waals surface area contributed by atoms with Gasteiger partial charge in [-0.25, -0.2) is 0 Å². The Bertz CT molecular complexity index is 531. The van der Waals surface area contributed by atoms with Crippen molar-refractivity contribution in [3.05, 3.63) is 53.3 Å². The molecule has 0 amide bonds. The Morgan fingerprint density at radius 1 is 1.21 bits per heavy atom. The topological polar surface area (TPSA) is 34.1 Å². The molecule has 0 saturated carbocycles. The standard InChI is InChI=1S/C15H17ClN2O/c1-19-6-5-17-9-12-7-14(11-18-10-12)13-3-2-4-15(16)8-13/h2-4,7-8,10-11,17H,5-6,9H2,1H3. The van der Waals surface area contributed by atoms with E-state index in [0.29, 0.717) is 6.61 Å². The molecule has 0 bridgehead atoms. The van der Waals surface area contributed by atoms with Gasteiger partial charge in [-0.2, -0.15) is 0 Å². The molecule has 1 N–H and O–H groups in total. The smallest absolute Gasteiger partial charge is 0.0587 e. The van der Waals surface area contributed by atoms with Crippen LogP contribution in [0.5, 0.6) is 0 Å². The number of methoxy groups -OCH3 is 1. The van der Waals surface area contributed by atoms with Crippen LogP contribution in [0.15, 0.2) is 42.7 Å². The van der Waals surface area contributed by atoms with Crippen LogP contribution in [0.25, 0.3) is 11.1 Å². The molecule has 0 saturated heterocycles. The quantitative estimate of drug-likeness (QED) is 0.823. The third-order valence-electron chi connectivity index (χ3n) is 2.76. The van der Waals surface area contributed by atoms with Crippen LogP contribution in [0.4, 0.5) is 0 Å². The van der Waals surface area contributed by atoms with Crippen molar-refractivity contribution in [3.63, 3.8) is 0 Å². The van der Waals surface area contributed by atoms with Crippen molar-refractivity contribution in [2.24, 2.45) is 0 Å². The fraction of sp³-hybridized carbons (Fsp3) is 0.267. The van der Waals surface area contributed by atoms with Crippen molar-refractivity contribution in [2.45, 2.75) is 6.54 Å². The Kier molecular flexibility index (Phi) is 5.33. The van der Waals surface area contributed by atoms with E-state index in [1.807, 2.05) is 36.7 Å². The average Bonchev–Trinajstić information content (AvgIpc) is 2.44. The maximum absolute atomic E-state index is 6.01. The van der Waals surface area contributed by atoms with E-state index in [0.717, 1.165) is 34.8 Å². The number of ether oxygens (including phenoxy) is 1. The van der Waals surface area contributed by atoms with Gasteiger partial charge in [0.2, 0.25) is 0 Å². The predicted molar refractivity (Wildman–Crippen MR) is 78.3 cm³/mol. The summed E-state index contributed by atoms with van der Waals surface area (Å²) in [5.41, 5.74) is 3.31. The zero-order valence-corrected chi connectivity index (χ0v) is 11.7. The highest BCUT2D eigenvalue weighted by Gasteiger charge is 2.01. The first-order valence-corrected chi connectivity index (χ1v) is 6.57. The van der Waals surface area contributed by atoms with Crippen molar-refractivity contribution < 1.29 is 4.74 Å². The van der Waals surface area contributed by atoms with Crippen LogP contribution in [0, 0.1) is 0 Å². The van der Waals surface area contributed by atoms with Crippen LogP contribution < -0.4 is 5.32 Å². The average molecular weight is 277 g/mol. The van der Waals surface area contributed by atoms with Crippen LogP contribution in [0.3, 0.4) is 0 Å². The van der Waals surface area contributed by atoms with E-state index in [9.17, 15) is 0 Å². The van der Waals surface area contributed by atoms with Gasteiger partial charge in [0.25, 0.3) is 0 Å². The van der Waals surface area contributed by atoms with E-state index in [1.165, 1.54) is 0 Å². The Hall–Kier alpha value is -1.42. The fourth-order valence-corrected chi connectivity index (χ4v) is 2.01. The van der Waals surface area contributed by atoms with Gasteiger partial charge < -0.3 is 10.1 Å². The molecule has 3 nitrogen and oxygen atoms in total. The van der Waals surface area contributed by atoms with Gasteiger partial charge in [-0.3, -0.25) is 4.98 Å². The number of halogens is 1. The van der Waals surface area contributed by atoms with Gasteiger partial charge in [0.05, 0.1) is 6.61 Å². The van der Waals surface area contributed by atoms with E-state index in [2.05, 4.69) is 16.4 Å². The molecule has 0 aliphatic rings. The molecule has 0 atom stereocenters. The normalized spacial score (nSPS) is 10.6. The molecule has 0 aliphatic carbocycles. The van der Waals surface area contributed by atoms with Crippen molar-refractivity contribution in [3.8, 4) is 11.1 Å². The number of hydrogen-bond donors (Lipinski definition) is 1. The Morgan fingerprint density at radius 2 is 2.11 bits per heavy atom. The number of rotatable bonds is 6. The van der Waals surface area contributed by atoms with Gasteiger partial charge in [0, 0.05) is 43.2 Å². The summed E-state index contributed by atoms with van der Waals surface area (Å²) in [5, 5.41) is 4.04. The van der Waals surface area contributed by atoms with Crippen LogP contribution in [-0.4, -0.2) is 25.2 Å². The van der Waals surface area contributed by atoms with Crippen molar-refractivity contribution in [2.75, 3.05) is 20.3 Å². The number of hydrogen-bond acceptors (Lipinski definition) is 3. The molecule has 0 aliphatic heterocycles. The second-order valence-electron chi connectivity index (χ2n) is 4.26. The summed E-state index contributed by atoms with van der Waals surface area (Å²) < 4.78 is 4.99. The number of nitrogens with zero attached hydrogens (tertiary/aromatic N) is 1. The zero-order chi connectivity index (χ0) is 13.5. The second kappa shape index (κ2) is 7.24. The minimum Gasteiger partial charge on any atom is -0.383 e. The summed E-state index contributed by atoms with van der Waals surface area (Å²) in [4.78, 5) is 4.28. The molecule has 19 heavy (non-hydrogen) atoms. The summed E-state index contributed by atoms with van der Waals surface area (Å²) in [6.45, 7) is 2.32. The molecule has 100 valence electrons. The molecular weight excluding hydrogens is 260 g/mol. The molecule has 2 aromatic rings. The molecule has 2 rings (SSSR count). The van der Waals surface area contributed by atoms with E-state index in [1.54, 1.807) is 7.11 Å². The maximum Gasteiger partial charge on any atom is 0.0587 e. The van der Waals surface area contributed by atoms with Gasteiger partial charge in [-0.15, -0.1) is 0 Å². The molecular formula is C15H17ClN2O. The van der Waals surface area contributed by atoms with E-state index in [-0.39, 0.29) is 0 Å². The monoisotopic (exact) mass is 276 g/mol. The van der Waals surface area contributed by atoms with Crippen LogP contribution >= 0.6 is 11.6 Å². The van der Waals surface area contributed by atoms with Crippen molar-refractivity contribution >= 4 is 11.6 Å². The molecule has 1 aromatic heterocycles. The number of aromatic nitrogens is 1. The third-order valence-corrected chi connectivity index (χ3v) is 3.00. The van der Waals surface area contributed by atoms with Gasteiger partial charge in [0.1, 0.15) is 0 Å². The molecule has 0 spiro atoms. The lowest BCUT2D eigenvalue weighted by atomic mass is 10.1. The minimum atomic E-state index is 0.710.